The molecule has 6 heteroatoms. The van der Waals surface area contributed by atoms with Crippen molar-refractivity contribution in [1.29, 1.82) is 0 Å². The van der Waals surface area contributed by atoms with Gasteiger partial charge < -0.3 is 24.7 Å². The van der Waals surface area contributed by atoms with Gasteiger partial charge >= 0.3 is 8.80 Å². The van der Waals surface area contributed by atoms with Crippen molar-refractivity contribution in [3.05, 3.63) is 35.9 Å². The smallest absolute Gasteiger partial charge is 0.374 e. The average molecular weight is 341 g/mol. The summed E-state index contributed by atoms with van der Waals surface area (Å²) in [6.07, 6.45) is 0.732. The molecule has 3 unspecified atom stereocenters. The number of nitrogens with two attached hydrogens (primary N) is 2. The van der Waals surface area contributed by atoms with Gasteiger partial charge in [-0.2, -0.15) is 0 Å². The molecule has 0 saturated carbocycles. The van der Waals surface area contributed by atoms with Crippen LogP contribution < -0.4 is 11.5 Å². The zero-order valence-corrected chi connectivity index (χ0v) is 15.8. The minimum absolute atomic E-state index is 0.0789. The Morgan fingerprint density at radius 2 is 1.39 bits per heavy atom. The summed E-state index contributed by atoms with van der Waals surface area (Å²) in [4.78, 5) is 0. The lowest BCUT2D eigenvalue weighted by Gasteiger charge is -2.39. The Kier molecular flexibility index (Phi) is 8.97. The summed E-state index contributed by atoms with van der Waals surface area (Å²) in [5.74, 6) is 0. The predicted octanol–water partition coefficient (Wildman–Crippen LogP) is 2.32. The van der Waals surface area contributed by atoms with Crippen LogP contribution in [-0.4, -0.2) is 40.7 Å². The maximum absolute atomic E-state index is 6.46. The van der Waals surface area contributed by atoms with Crippen molar-refractivity contribution >= 4 is 8.80 Å². The van der Waals surface area contributed by atoms with Gasteiger partial charge in [0.25, 0.3) is 0 Å². The Labute approximate surface area is 141 Å². The van der Waals surface area contributed by atoms with Crippen LogP contribution in [0.25, 0.3) is 0 Å². The summed E-state index contributed by atoms with van der Waals surface area (Å²) in [6, 6.07) is 9.80. The van der Waals surface area contributed by atoms with E-state index < -0.39 is 8.80 Å². The van der Waals surface area contributed by atoms with E-state index in [0.717, 1.165) is 6.42 Å². The molecule has 0 heterocycles. The van der Waals surface area contributed by atoms with E-state index in [4.69, 9.17) is 24.7 Å². The van der Waals surface area contributed by atoms with Gasteiger partial charge in [0, 0.05) is 37.4 Å². The zero-order valence-electron chi connectivity index (χ0n) is 14.8. The van der Waals surface area contributed by atoms with E-state index in [1.807, 2.05) is 45.9 Å². The van der Waals surface area contributed by atoms with Gasteiger partial charge in [-0.1, -0.05) is 30.3 Å². The fraction of sp³-hybridized carbons (Fsp3) is 0.647. The molecule has 0 bridgehead atoms. The molecule has 0 aromatic heterocycles. The van der Waals surface area contributed by atoms with Crippen molar-refractivity contribution in [2.75, 3.05) is 19.8 Å². The van der Waals surface area contributed by atoms with E-state index >= 15 is 0 Å². The highest BCUT2D eigenvalue weighted by Gasteiger charge is 2.52. The molecule has 0 aliphatic rings. The van der Waals surface area contributed by atoms with Crippen LogP contribution in [0.1, 0.15) is 33.3 Å². The quantitative estimate of drug-likeness (QED) is 0.604. The summed E-state index contributed by atoms with van der Waals surface area (Å²) in [5.41, 5.74) is 13.7. The molecule has 3 atom stereocenters. The molecule has 0 spiro atoms. The van der Waals surface area contributed by atoms with E-state index in [0.29, 0.717) is 19.8 Å². The van der Waals surface area contributed by atoms with Gasteiger partial charge in [0.05, 0.1) is 0 Å². The van der Waals surface area contributed by atoms with E-state index in [2.05, 4.69) is 12.1 Å². The second-order valence-electron chi connectivity index (χ2n) is 5.64. The number of hydrogen-bond donors (Lipinski definition) is 2. The van der Waals surface area contributed by atoms with Gasteiger partial charge in [0.15, 0.2) is 0 Å². The van der Waals surface area contributed by atoms with Crippen molar-refractivity contribution in [1.82, 2.24) is 0 Å². The SMILES string of the molecule is CCO[Si](OCC)(OCC)C(Cc1ccccc1)C(N)C(C)N. The molecule has 0 radical (unpaired) electrons. The average Bonchev–Trinajstić information content (AvgIpc) is 2.53. The molecule has 4 N–H and O–H groups in total. The number of benzene rings is 1. The maximum Gasteiger partial charge on any atom is 0.506 e. The lowest BCUT2D eigenvalue weighted by atomic mass is 10.0. The van der Waals surface area contributed by atoms with Gasteiger partial charge in [-0.25, -0.2) is 0 Å². The van der Waals surface area contributed by atoms with Crippen LogP contribution in [-0.2, 0) is 19.7 Å². The molecule has 0 saturated heterocycles. The fourth-order valence-electron chi connectivity index (χ4n) is 2.78. The number of hydrogen-bond acceptors (Lipinski definition) is 5. The topological polar surface area (TPSA) is 79.7 Å². The molecule has 1 rings (SSSR count). The fourth-order valence-corrected chi connectivity index (χ4v) is 6.14. The van der Waals surface area contributed by atoms with Gasteiger partial charge in [0.2, 0.25) is 0 Å². The van der Waals surface area contributed by atoms with Crippen LogP contribution in [0.5, 0.6) is 0 Å². The van der Waals surface area contributed by atoms with Gasteiger partial charge in [-0.05, 0) is 39.7 Å². The summed E-state index contributed by atoms with van der Waals surface area (Å²) < 4.78 is 18.2. The normalized spacial score (nSPS) is 16.1. The lowest BCUT2D eigenvalue weighted by molar-refractivity contribution is 0.0567. The first-order valence-electron chi connectivity index (χ1n) is 8.47. The van der Waals surface area contributed by atoms with Crippen LogP contribution >= 0.6 is 0 Å². The predicted molar refractivity (Wildman–Crippen MR) is 96.2 cm³/mol. The highest BCUT2D eigenvalue weighted by molar-refractivity contribution is 6.62. The number of rotatable bonds is 11. The van der Waals surface area contributed by atoms with E-state index in [-0.39, 0.29) is 17.6 Å². The third-order valence-corrected chi connectivity index (χ3v) is 7.43. The first-order valence-corrected chi connectivity index (χ1v) is 10.3. The molecule has 132 valence electrons. The molecule has 0 amide bonds. The highest BCUT2D eigenvalue weighted by atomic mass is 28.4. The van der Waals surface area contributed by atoms with Crippen LogP contribution in [0.15, 0.2) is 30.3 Å². The molecule has 5 nitrogen and oxygen atoms in total. The molecule has 1 aromatic rings. The van der Waals surface area contributed by atoms with Crippen molar-refractivity contribution in [3.63, 3.8) is 0 Å². The Morgan fingerprint density at radius 1 is 0.913 bits per heavy atom. The Hall–Kier alpha value is -0.763. The second-order valence-corrected chi connectivity index (χ2v) is 8.45. The molecular weight excluding hydrogens is 308 g/mol. The highest BCUT2D eigenvalue weighted by Crippen LogP contribution is 2.33. The van der Waals surface area contributed by atoms with Crippen molar-refractivity contribution in [2.45, 2.75) is 51.7 Å². The summed E-state index contributed by atoms with van der Waals surface area (Å²) in [7, 11) is -2.94. The first-order chi connectivity index (χ1) is 11.0. The third-order valence-electron chi connectivity index (χ3n) is 3.86. The standard InChI is InChI=1S/C17H32N2O3Si/c1-5-20-23(21-6-2,22-7-3)16(17(19)14(4)18)13-15-11-9-8-10-12-15/h8-12,14,16-17H,5-7,13,18-19H2,1-4H3. The van der Waals surface area contributed by atoms with E-state index in [9.17, 15) is 0 Å². The molecule has 1 aromatic carbocycles. The minimum atomic E-state index is -2.94. The second kappa shape index (κ2) is 10.2. The van der Waals surface area contributed by atoms with Crippen molar-refractivity contribution in [3.8, 4) is 0 Å². The molecular formula is C17H32N2O3Si. The molecule has 23 heavy (non-hydrogen) atoms. The molecule has 0 aliphatic heterocycles. The summed E-state index contributed by atoms with van der Waals surface area (Å²) >= 11 is 0. The van der Waals surface area contributed by atoms with Crippen LogP contribution in [0.4, 0.5) is 0 Å². The Balaban J connectivity index is 3.19. The monoisotopic (exact) mass is 340 g/mol. The van der Waals surface area contributed by atoms with Gasteiger partial charge in [-0.3, -0.25) is 0 Å². The van der Waals surface area contributed by atoms with Crippen LogP contribution in [0.2, 0.25) is 5.54 Å². The maximum atomic E-state index is 6.46. The lowest BCUT2D eigenvalue weighted by Crippen LogP contribution is -2.59. The molecule has 0 fully saturated rings. The van der Waals surface area contributed by atoms with Gasteiger partial charge in [-0.15, -0.1) is 0 Å². The molecule has 0 aliphatic carbocycles. The summed E-state index contributed by atoms with van der Waals surface area (Å²) in [5, 5.41) is 0. The van der Waals surface area contributed by atoms with E-state index in [1.165, 1.54) is 5.56 Å². The van der Waals surface area contributed by atoms with Gasteiger partial charge in [0.1, 0.15) is 0 Å². The van der Waals surface area contributed by atoms with E-state index in [1.54, 1.807) is 0 Å². The van der Waals surface area contributed by atoms with Crippen molar-refractivity contribution < 1.29 is 13.3 Å². The largest absolute Gasteiger partial charge is 0.506 e. The Morgan fingerprint density at radius 3 is 1.78 bits per heavy atom. The van der Waals surface area contributed by atoms with Crippen molar-refractivity contribution in [2.24, 2.45) is 11.5 Å². The zero-order chi connectivity index (χ0) is 17.3. The minimum Gasteiger partial charge on any atom is -0.374 e. The Bertz CT molecular complexity index is 414. The summed E-state index contributed by atoms with van der Waals surface area (Å²) in [6.45, 7) is 9.38. The third kappa shape index (κ3) is 5.67. The van der Waals surface area contributed by atoms with Crippen LogP contribution in [0, 0.1) is 0 Å². The van der Waals surface area contributed by atoms with Crippen LogP contribution in [0.3, 0.4) is 0 Å². The first kappa shape index (κ1) is 20.3.